The fourth-order valence-electron chi connectivity index (χ4n) is 5.87. The molecular formula is C32H10F28N4Pt. The predicted molar refractivity (Wildman–Crippen MR) is 158 cm³/mol. The van der Waals surface area contributed by atoms with E-state index in [1.54, 1.807) is 0 Å². The van der Waals surface area contributed by atoms with Gasteiger partial charge in [0.1, 0.15) is 0 Å². The zero-order valence-corrected chi connectivity index (χ0v) is 31.7. The van der Waals surface area contributed by atoms with Gasteiger partial charge in [-0.05, 0) is 48.6 Å². The van der Waals surface area contributed by atoms with Gasteiger partial charge in [-0.2, -0.15) is 123 Å². The van der Waals surface area contributed by atoms with Gasteiger partial charge in [-0.15, -0.1) is 0 Å². The Kier molecular flexibility index (Phi) is 12.4. The molecule has 0 atom stereocenters. The van der Waals surface area contributed by atoms with Crippen molar-refractivity contribution < 1.29 is 144 Å². The van der Waals surface area contributed by atoms with Crippen molar-refractivity contribution in [3.8, 4) is 0 Å². The summed E-state index contributed by atoms with van der Waals surface area (Å²) in [4.78, 5) is 7.21. The normalized spacial score (nSPS) is 15.4. The molecule has 5 heterocycles. The molecule has 3 aromatic rings. The molecule has 2 aliphatic heterocycles. The molecule has 0 saturated heterocycles. The second-order valence-electron chi connectivity index (χ2n) is 13.1. The number of aromatic nitrogens is 4. The van der Waals surface area contributed by atoms with Crippen LogP contribution in [0.25, 0.3) is 46.4 Å². The molecule has 0 aromatic carbocycles. The number of H-pyrrole nitrogens is 2. The Morgan fingerprint density at radius 2 is 0.462 bits per heavy atom. The van der Waals surface area contributed by atoms with Gasteiger partial charge >= 0.3 is 72.1 Å². The number of nitrogens with zero attached hydrogens (tertiary/aromatic N) is 2. The van der Waals surface area contributed by atoms with E-state index in [9.17, 15) is 87.8 Å². The summed E-state index contributed by atoms with van der Waals surface area (Å²) in [6.45, 7) is 0. The van der Waals surface area contributed by atoms with Crippen molar-refractivity contribution in [1.29, 1.82) is 0 Å². The first kappa shape index (κ1) is 52.9. The molecule has 364 valence electrons. The standard InChI is InChI=1S/C32H10F28N4.Pt/c33-21(34,25(41,42)29(49,50)51)17-9-1-2-10(61-9)18(22(35,36)26(43,44)30(52,53)54)12-5-6-14(63-12)20(24(39,40)28(47,48)32(58,59)60)16-8-7-15(64-16)19(13-4-3-11(17)62-13)23(37,38)27(45,46)31(55,56)57;/h1-8,61-62H;. The molecule has 33 heteroatoms. The fourth-order valence-corrected chi connectivity index (χ4v) is 5.87. The van der Waals surface area contributed by atoms with Crippen molar-refractivity contribution in [3.63, 3.8) is 0 Å². The van der Waals surface area contributed by atoms with Crippen LogP contribution < -0.4 is 0 Å². The third-order valence-corrected chi connectivity index (χ3v) is 9.01. The maximum atomic E-state index is 15.6. The summed E-state index contributed by atoms with van der Waals surface area (Å²) in [5.41, 5.74) is -31.7. The second-order valence-corrected chi connectivity index (χ2v) is 13.1. The number of nitrogens with one attached hydrogen (secondary N) is 2. The van der Waals surface area contributed by atoms with E-state index in [4.69, 9.17) is 0 Å². The van der Waals surface area contributed by atoms with E-state index in [0.29, 0.717) is 0 Å². The summed E-state index contributed by atoms with van der Waals surface area (Å²) in [5.74, 6) is -58.2. The molecule has 0 amide bonds. The summed E-state index contributed by atoms with van der Waals surface area (Å²) in [6.07, 6.45) is -31.9. The van der Waals surface area contributed by atoms with Gasteiger partial charge in [0, 0.05) is 21.1 Å². The van der Waals surface area contributed by atoms with Crippen LogP contribution >= 0.6 is 0 Å². The van der Waals surface area contributed by atoms with Crippen LogP contribution in [0.3, 0.4) is 0 Å². The van der Waals surface area contributed by atoms with Gasteiger partial charge in [0.15, 0.2) is 0 Å². The first-order valence-electron chi connectivity index (χ1n) is 15.8. The molecule has 65 heavy (non-hydrogen) atoms. The molecule has 5 rings (SSSR count). The maximum absolute atomic E-state index is 15.6. The van der Waals surface area contributed by atoms with Gasteiger partial charge in [-0.1, -0.05) is 0 Å². The number of hydrogen-bond acceptors (Lipinski definition) is 2. The Morgan fingerprint density at radius 1 is 0.277 bits per heavy atom. The molecule has 0 aliphatic carbocycles. The van der Waals surface area contributed by atoms with E-state index in [0.717, 1.165) is 9.97 Å². The fraction of sp³-hybridized carbons (Fsp3) is 0.375. The Labute approximate surface area is 351 Å². The SMILES string of the molecule is FC(F)(F)C(F)(F)C(F)(F)c1c2nc(c(C(F)(F)C(F)(F)C(F)(F)F)c3ccc([nH]3)c(C(F)(F)C(F)(F)C(F)(F)F)c3ccc([nH]3)c(C(F)(F)C(F)(F)C(F)(F)F)c3nc1C=C3)C=C2.[Pt]. The quantitative estimate of drug-likeness (QED) is 0.152. The summed E-state index contributed by atoms with van der Waals surface area (Å²) >= 11 is 0. The summed E-state index contributed by atoms with van der Waals surface area (Å²) in [5, 5.41) is 0. The molecule has 2 aliphatic rings. The molecular weight excluding hydrogens is 1170 g/mol. The molecule has 3 aromatic heterocycles. The minimum Gasteiger partial charge on any atom is -0.355 e. The number of halogens is 28. The van der Waals surface area contributed by atoms with Crippen LogP contribution in [0.1, 0.15) is 45.0 Å². The largest absolute Gasteiger partial charge is 0.460 e. The number of aromatic amines is 2. The monoisotopic (exact) mass is 1180 g/mol. The average molecular weight is 1180 g/mol. The zero-order chi connectivity index (χ0) is 49.4. The van der Waals surface area contributed by atoms with Crippen LogP contribution in [-0.2, 0) is 44.8 Å². The third kappa shape index (κ3) is 7.68. The minimum absolute atomic E-state index is 0. The van der Waals surface area contributed by atoms with E-state index < -0.39 is 188 Å². The van der Waals surface area contributed by atoms with E-state index in [1.165, 1.54) is 0 Å². The van der Waals surface area contributed by atoms with E-state index in [1.807, 2.05) is 0 Å². The van der Waals surface area contributed by atoms with Crippen LogP contribution in [0.4, 0.5) is 123 Å². The van der Waals surface area contributed by atoms with Crippen LogP contribution in [0.15, 0.2) is 24.3 Å². The Hall–Kier alpha value is -4.67. The van der Waals surface area contributed by atoms with Crippen molar-refractivity contribution >= 4 is 46.4 Å². The van der Waals surface area contributed by atoms with Crippen LogP contribution in [0, 0.1) is 0 Å². The van der Waals surface area contributed by atoms with Gasteiger partial charge in [0.25, 0.3) is 0 Å². The topological polar surface area (TPSA) is 57.4 Å². The van der Waals surface area contributed by atoms with Crippen molar-refractivity contribution in [3.05, 3.63) is 69.3 Å². The molecule has 2 N–H and O–H groups in total. The number of rotatable bonds is 8. The molecule has 4 nitrogen and oxygen atoms in total. The molecule has 0 radical (unpaired) electrons. The first-order chi connectivity index (χ1) is 28.4. The second kappa shape index (κ2) is 15.2. The van der Waals surface area contributed by atoms with Gasteiger partial charge in [0.2, 0.25) is 0 Å². The van der Waals surface area contributed by atoms with E-state index in [-0.39, 0.29) is 21.1 Å². The van der Waals surface area contributed by atoms with Crippen LogP contribution in [-0.4, -0.2) is 68.3 Å². The van der Waals surface area contributed by atoms with E-state index >= 15 is 35.1 Å². The van der Waals surface area contributed by atoms with E-state index in [2.05, 4.69) is 9.97 Å². The number of alkyl halides is 28. The van der Waals surface area contributed by atoms with Gasteiger partial charge in [-0.3, -0.25) is 0 Å². The Balaban J connectivity index is 0.00000925. The van der Waals surface area contributed by atoms with Gasteiger partial charge in [0.05, 0.1) is 67.1 Å². The average Bonchev–Trinajstić information content (AvgIpc) is 3.93. The van der Waals surface area contributed by atoms with Gasteiger partial charge in [-0.25, -0.2) is 9.97 Å². The van der Waals surface area contributed by atoms with Crippen molar-refractivity contribution in [2.75, 3.05) is 0 Å². The number of hydrogen-bond donors (Lipinski definition) is 2. The molecule has 0 unspecified atom stereocenters. The predicted octanol–water partition coefficient (Wildman–Crippen LogP) is 13.8. The smallest absolute Gasteiger partial charge is 0.355 e. The van der Waals surface area contributed by atoms with Crippen LogP contribution in [0.5, 0.6) is 0 Å². The van der Waals surface area contributed by atoms with Crippen molar-refractivity contribution in [2.45, 2.75) is 72.1 Å². The van der Waals surface area contributed by atoms with Crippen LogP contribution in [0.2, 0.25) is 0 Å². The minimum atomic E-state index is -7.52. The van der Waals surface area contributed by atoms with Gasteiger partial charge < -0.3 is 9.97 Å². The third-order valence-electron chi connectivity index (χ3n) is 9.01. The molecule has 0 saturated carbocycles. The Morgan fingerprint density at radius 3 is 0.692 bits per heavy atom. The zero-order valence-electron chi connectivity index (χ0n) is 29.4. The molecule has 0 spiro atoms. The molecule has 8 bridgehead atoms. The first-order valence-corrected chi connectivity index (χ1v) is 15.8. The summed E-state index contributed by atoms with van der Waals surface area (Å²) < 4.78 is 402. The number of fused-ring (bicyclic) bond motifs is 8. The summed E-state index contributed by atoms with van der Waals surface area (Å²) in [7, 11) is 0. The maximum Gasteiger partial charge on any atom is 0.460 e. The van der Waals surface area contributed by atoms with Crippen molar-refractivity contribution in [1.82, 2.24) is 19.9 Å². The Bertz CT molecular complexity index is 2450. The van der Waals surface area contributed by atoms with Crippen molar-refractivity contribution in [2.24, 2.45) is 0 Å². The summed E-state index contributed by atoms with van der Waals surface area (Å²) in [6, 6.07) is -1.82. The molecule has 0 fully saturated rings.